The fourth-order valence-electron chi connectivity index (χ4n) is 3.86. The maximum atomic E-state index is 13.2. The highest BCUT2D eigenvalue weighted by atomic mass is 16.6. The quantitative estimate of drug-likeness (QED) is 0.734. The van der Waals surface area contributed by atoms with Crippen LogP contribution in [0.15, 0.2) is 30.3 Å². The number of carbonyl (C=O) groups excluding carboxylic acids is 3. The van der Waals surface area contributed by atoms with Gasteiger partial charge in [-0.25, -0.2) is 9.59 Å². The number of hydrogen-bond acceptors (Lipinski definition) is 5. The number of hydrogen-bond donors (Lipinski definition) is 0. The number of benzene rings is 1. The summed E-state index contributed by atoms with van der Waals surface area (Å²) in [7, 11) is 0. The minimum Gasteiger partial charge on any atom is -0.445 e. The van der Waals surface area contributed by atoms with Gasteiger partial charge in [0, 0.05) is 32.7 Å². The standard InChI is InChI=1S/C23H33N3O5/c1-23(2,3)31-22(29)26-12-8-7-11-19(26)20(27)24-13-15-25(16-14-24)21(28)30-17-18-9-5-4-6-10-18/h4-6,9-10,19H,7-8,11-17H2,1-3H3/t19-/m1/s1. The van der Waals surface area contributed by atoms with Crippen LogP contribution in [0.5, 0.6) is 0 Å². The van der Waals surface area contributed by atoms with E-state index in [1.165, 1.54) is 0 Å². The first-order valence-electron chi connectivity index (χ1n) is 11.0. The van der Waals surface area contributed by atoms with Crippen molar-refractivity contribution >= 4 is 18.1 Å². The lowest BCUT2D eigenvalue weighted by atomic mass is 10.0. The molecule has 3 amide bonds. The SMILES string of the molecule is CC(C)(C)OC(=O)N1CCCC[C@@H]1C(=O)N1CCN(C(=O)OCc2ccccc2)CC1. The summed E-state index contributed by atoms with van der Waals surface area (Å²) in [6, 6.07) is 9.03. The van der Waals surface area contributed by atoms with E-state index in [0.717, 1.165) is 18.4 Å². The third kappa shape index (κ3) is 6.35. The van der Waals surface area contributed by atoms with Crippen molar-refractivity contribution in [1.82, 2.24) is 14.7 Å². The first-order chi connectivity index (χ1) is 14.7. The van der Waals surface area contributed by atoms with E-state index in [0.29, 0.717) is 39.1 Å². The van der Waals surface area contributed by atoms with E-state index in [4.69, 9.17) is 9.47 Å². The topological polar surface area (TPSA) is 79.4 Å². The summed E-state index contributed by atoms with van der Waals surface area (Å²) in [4.78, 5) is 43.1. The molecule has 0 saturated carbocycles. The van der Waals surface area contributed by atoms with Gasteiger partial charge >= 0.3 is 12.2 Å². The van der Waals surface area contributed by atoms with E-state index in [2.05, 4.69) is 0 Å². The minimum absolute atomic E-state index is 0.0668. The summed E-state index contributed by atoms with van der Waals surface area (Å²) in [5, 5.41) is 0. The van der Waals surface area contributed by atoms with Crippen LogP contribution in [-0.2, 0) is 20.9 Å². The molecule has 2 aliphatic heterocycles. The normalized spacial score (nSPS) is 19.7. The van der Waals surface area contributed by atoms with E-state index < -0.39 is 17.7 Å². The van der Waals surface area contributed by atoms with Crippen LogP contribution in [-0.4, -0.2) is 77.2 Å². The van der Waals surface area contributed by atoms with Gasteiger partial charge in [0.2, 0.25) is 5.91 Å². The monoisotopic (exact) mass is 431 g/mol. The molecule has 170 valence electrons. The number of amides is 3. The Balaban J connectivity index is 1.51. The van der Waals surface area contributed by atoms with Gasteiger partial charge in [0.1, 0.15) is 18.2 Å². The molecular formula is C23H33N3O5. The smallest absolute Gasteiger partial charge is 0.410 e. The van der Waals surface area contributed by atoms with Crippen LogP contribution in [0, 0.1) is 0 Å². The average molecular weight is 432 g/mol. The fourth-order valence-corrected chi connectivity index (χ4v) is 3.86. The van der Waals surface area contributed by atoms with Gasteiger partial charge < -0.3 is 19.3 Å². The zero-order chi connectivity index (χ0) is 22.4. The Morgan fingerprint density at radius 1 is 0.903 bits per heavy atom. The molecule has 2 aliphatic rings. The summed E-state index contributed by atoms with van der Waals surface area (Å²) in [6.45, 7) is 7.90. The highest BCUT2D eigenvalue weighted by molar-refractivity contribution is 5.86. The first-order valence-corrected chi connectivity index (χ1v) is 11.0. The maximum Gasteiger partial charge on any atom is 0.410 e. The number of piperidine rings is 1. The van der Waals surface area contributed by atoms with Gasteiger partial charge in [-0.2, -0.15) is 0 Å². The van der Waals surface area contributed by atoms with E-state index in [9.17, 15) is 14.4 Å². The predicted octanol–water partition coefficient (Wildman–Crippen LogP) is 3.26. The first kappa shape index (κ1) is 22.9. The maximum absolute atomic E-state index is 13.2. The Bertz CT molecular complexity index is 769. The number of likely N-dealkylation sites (tertiary alicyclic amines) is 1. The van der Waals surface area contributed by atoms with Gasteiger partial charge in [0.05, 0.1) is 0 Å². The molecule has 31 heavy (non-hydrogen) atoms. The van der Waals surface area contributed by atoms with Crippen LogP contribution in [0.4, 0.5) is 9.59 Å². The van der Waals surface area contributed by atoms with Gasteiger partial charge in [-0.3, -0.25) is 9.69 Å². The highest BCUT2D eigenvalue weighted by Crippen LogP contribution is 2.22. The van der Waals surface area contributed by atoms with Crippen LogP contribution in [0.1, 0.15) is 45.6 Å². The van der Waals surface area contributed by atoms with Crippen molar-refractivity contribution in [2.75, 3.05) is 32.7 Å². The van der Waals surface area contributed by atoms with E-state index in [-0.39, 0.29) is 18.6 Å². The van der Waals surface area contributed by atoms with Crippen LogP contribution >= 0.6 is 0 Å². The second-order valence-corrected chi connectivity index (χ2v) is 9.04. The summed E-state index contributed by atoms with van der Waals surface area (Å²) in [6.07, 6.45) is 1.60. The number of carbonyl (C=O) groups is 3. The molecule has 8 heteroatoms. The summed E-state index contributed by atoms with van der Waals surface area (Å²) >= 11 is 0. The van der Waals surface area contributed by atoms with Crippen molar-refractivity contribution in [2.45, 2.75) is 58.3 Å². The molecule has 0 aliphatic carbocycles. The number of rotatable bonds is 3. The molecule has 1 aromatic carbocycles. The van der Waals surface area contributed by atoms with Crippen molar-refractivity contribution in [1.29, 1.82) is 0 Å². The summed E-state index contributed by atoms with van der Waals surface area (Å²) < 4.78 is 10.9. The molecule has 0 N–H and O–H groups in total. The molecule has 8 nitrogen and oxygen atoms in total. The molecule has 2 saturated heterocycles. The lowest BCUT2D eigenvalue weighted by Gasteiger charge is -2.40. The second kappa shape index (κ2) is 10.0. The van der Waals surface area contributed by atoms with Gasteiger partial charge in [0.15, 0.2) is 0 Å². The molecule has 0 aromatic heterocycles. The predicted molar refractivity (Wildman–Crippen MR) is 115 cm³/mol. The van der Waals surface area contributed by atoms with Gasteiger partial charge in [-0.05, 0) is 45.6 Å². The Morgan fingerprint density at radius 3 is 2.19 bits per heavy atom. The van der Waals surface area contributed by atoms with Crippen molar-refractivity contribution in [3.05, 3.63) is 35.9 Å². The van der Waals surface area contributed by atoms with Crippen molar-refractivity contribution in [2.24, 2.45) is 0 Å². The van der Waals surface area contributed by atoms with Crippen molar-refractivity contribution < 1.29 is 23.9 Å². The fraction of sp³-hybridized carbons (Fsp3) is 0.609. The van der Waals surface area contributed by atoms with Crippen LogP contribution in [0.25, 0.3) is 0 Å². The zero-order valence-corrected chi connectivity index (χ0v) is 18.7. The molecule has 0 spiro atoms. The van der Waals surface area contributed by atoms with Gasteiger partial charge in [0.25, 0.3) is 0 Å². The summed E-state index contributed by atoms with van der Waals surface area (Å²) in [5.41, 5.74) is 0.331. The zero-order valence-electron chi connectivity index (χ0n) is 18.7. The molecule has 2 heterocycles. The lowest BCUT2D eigenvalue weighted by molar-refractivity contribution is -0.139. The minimum atomic E-state index is -0.603. The Labute approximate surface area is 184 Å². The molecule has 1 aromatic rings. The molecular weight excluding hydrogens is 398 g/mol. The van der Waals surface area contributed by atoms with Gasteiger partial charge in [-0.1, -0.05) is 30.3 Å². The molecule has 0 bridgehead atoms. The Hall–Kier alpha value is -2.77. The Morgan fingerprint density at radius 2 is 1.55 bits per heavy atom. The molecule has 3 rings (SSSR count). The number of piperazine rings is 1. The number of ether oxygens (including phenoxy) is 2. The third-order valence-electron chi connectivity index (χ3n) is 5.47. The second-order valence-electron chi connectivity index (χ2n) is 9.04. The van der Waals surface area contributed by atoms with Crippen LogP contribution in [0.3, 0.4) is 0 Å². The third-order valence-corrected chi connectivity index (χ3v) is 5.47. The van der Waals surface area contributed by atoms with Crippen molar-refractivity contribution in [3.8, 4) is 0 Å². The van der Waals surface area contributed by atoms with Crippen LogP contribution < -0.4 is 0 Å². The largest absolute Gasteiger partial charge is 0.445 e. The Kier molecular flexibility index (Phi) is 7.41. The lowest BCUT2D eigenvalue weighted by Crippen LogP contribution is -2.58. The summed E-state index contributed by atoms with van der Waals surface area (Å²) in [5.74, 6) is -0.0668. The average Bonchev–Trinajstić information content (AvgIpc) is 2.76. The molecule has 2 fully saturated rings. The van der Waals surface area contributed by atoms with E-state index in [1.807, 2.05) is 51.1 Å². The van der Waals surface area contributed by atoms with Crippen LogP contribution in [0.2, 0.25) is 0 Å². The molecule has 1 atom stereocenters. The number of nitrogens with zero attached hydrogens (tertiary/aromatic N) is 3. The van der Waals surface area contributed by atoms with Crippen molar-refractivity contribution in [3.63, 3.8) is 0 Å². The molecule has 0 unspecified atom stereocenters. The highest BCUT2D eigenvalue weighted by Gasteiger charge is 2.38. The van der Waals surface area contributed by atoms with Gasteiger partial charge in [-0.15, -0.1) is 0 Å². The van der Waals surface area contributed by atoms with E-state index in [1.54, 1.807) is 14.7 Å². The molecule has 0 radical (unpaired) electrons. The van der Waals surface area contributed by atoms with E-state index >= 15 is 0 Å².